The van der Waals surface area contributed by atoms with Crippen LogP contribution in [0.3, 0.4) is 0 Å². The molecule has 1 saturated heterocycles. The molecule has 1 aliphatic rings. The molecule has 3 rings (SSSR count). The molecule has 30 heavy (non-hydrogen) atoms. The molecule has 1 aliphatic heterocycles. The van der Waals surface area contributed by atoms with Gasteiger partial charge in [-0.1, -0.05) is 0 Å². The highest BCUT2D eigenvalue weighted by atomic mass is 16.6. The number of nitrogens with zero attached hydrogens (tertiary/aromatic N) is 4. The molecule has 162 valence electrons. The molecule has 1 fully saturated rings. The summed E-state index contributed by atoms with van der Waals surface area (Å²) in [5.41, 5.74) is 0.855. The van der Waals surface area contributed by atoms with Crippen molar-refractivity contribution in [2.45, 2.75) is 32.5 Å². The van der Waals surface area contributed by atoms with Crippen molar-refractivity contribution < 1.29 is 19.1 Å². The van der Waals surface area contributed by atoms with E-state index in [1.807, 2.05) is 30.9 Å². The molecule has 0 bridgehead atoms. The van der Waals surface area contributed by atoms with E-state index in [1.165, 1.54) is 6.33 Å². The van der Waals surface area contributed by atoms with E-state index in [9.17, 15) is 10.1 Å². The summed E-state index contributed by atoms with van der Waals surface area (Å²) in [6.07, 6.45) is 1.88. The molecule has 1 aromatic carbocycles. The van der Waals surface area contributed by atoms with E-state index in [0.717, 1.165) is 5.56 Å². The third-order valence-corrected chi connectivity index (χ3v) is 4.82. The van der Waals surface area contributed by atoms with Crippen LogP contribution in [-0.4, -0.2) is 61.0 Å². The predicted octanol–water partition coefficient (Wildman–Crippen LogP) is 2.67. The van der Waals surface area contributed by atoms with Gasteiger partial charge >= 0.3 is 5.69 Å². The van der Waals surface area contributed by atoms with Gasteiger partial charge < -0.3 is 24.4 Å². The number of benzene rings is 1. The Hall–Kier alpha value is -3.14. The normalized spacial score (nSPS) is 18.7. The van der Waals surface area contributed by atoms with E-state index in [2.05, 4.69) is 15.3 Å². The second-order valence-electron chi connectivity index (χ2n) is 7.21. The maximum absolute atomic E-state index is 11.8. The van der Waals surface area contributed by atoms with Crippen molar-refractivity contribution in [1.29, 1.82) is 0 Å². The SMILES string of the molecule is COc1cc(CCNc2ncnc(N3CC(C)OC(C)C3)c2[N+](=O)[O-])cc(OC)c1. The minimum Gasteiger partial charge on any atom is -0.497 e. The molecular weight excluding hydrogens is 390 g/mol. The van der Waals surface area contributed by atoms with Crippen LogP contribution in [0.25, 0.3) is 0 Å². The fraction of sp³-hybridized carbons (Fsp3) is 0.500. The second-order valence-corrected chi connectivity index (χ2v) is 7.21. The molecule has 1 N–H and O–H groups in total. The van der Waals surface area contributed by atoms with Gasteiger partial charge in [0.1, 0.15) is 17.8 Å². The van der Waals surface area contributed by atoms with Crippen molar-refractivity contribution in [1.82, 2.24) is 9.97 Å². The summed E-state index contributed by atoms with van der Waals surface area (Å²) in [5.74, 6) is 1.89. The highest BCUT2D eigenvalue weighted by Gasteiger charge is 2.31. The molecule has 0 aliphatic carbocycles. The van der Waals surface area contributed by atoms with Crippen molar-refractivity contribution in [2.75, 3.05) is 44.1 Å². The summed E-state index contributed by atoms with van der Waals surface area (Å²) >= 11 is 0. The number of aromatic nitrogens is 2. The third-order valence-electron chi connectivity index (χ3n) is 4.82. The smallest absolute Gasteiger partial charge is 0.353 e. The summed E-state index contributed by atoms with van der Waals surface area (Å²) in [6.45, 7) is 5.40. The fourth-order valence-electron chi connectivity index (χ4n) is 3.59. The van der Waals surface area contributed by atoms with Crippen LogP contribution >= 0.6 is 0 Å². The number of methoxy groups -OCH3 is 2. The van der Waals surface area contributed by atoms with Gasteiger partial charge in [0.05, 0.1) is 31.4 Å². The molecule has 2 unspecified atom stereocenters. The van der Waals surface area contributed by atoms with Gasteiger partial charge in [0.25, 0.3) is 0 Å². The summed E-state index contributed by atoms with van der Waals surface area (Å²) in [7, 11) is 3.19. The molecule has 2 aromatic rings. The van der Waals surface area contributed by atoms with Crippen LogP contribution in [0.4, 0.5) is 17.3 Å². The Morgan fingerprint density at radius 3 is 2.37 bits per heavy atom. The minimum absolute atomic E-state index is 0.0391. The Labute approximate surface area is 175 Å². The van der Waals surface area contributed by atoms with Gasteiger partial charge in [-0.3, -0.25) is 10.1 Å². The van der Waals surface area contributed by atoms with E-state index in [0.29, 0.717) is 43.4 Å². The van der Waals surface area contributed by atoms with Crippen molar-refractivity contribution in [3.05, 3.63) is 40.2 Å². The molecule has 1 aromatic heterocycles. The quantitative estimate of drug-likeness (QED) is 0.512. The molecule has 2 heterocycles. The van der Waals surface area contributed by atoms with Gasteiger partial charge in [0.15, 0.2) is 0 Å². The maximum atomic E-state index is 11.8. The van der Waals surface area contributed by atoms with Crippen LogP contribution < -0.4 is 19.7 Å². The standard InChI is InChI=1S/C20H27N5O5/c1-13-10-24(11-14(2)30-13)20-18(25(26)27)19(22-12-23-20)21-6-5-15-7-16(28-3)9-17(8-15)29-4/h7-9,12-14H,5-6,10-11H2,1-4H3,(H,21,22,23). The summed E-state index contributed by atoms with van der Waals surface area (Å²) in [4.78, 5) is 21.6. The van der Waals surface area contributed by atoms with Crippen LogP contribution in [0.15, 0.2) is 24.5 Å². The molecular formula is C20H27N5O5. The first-order valence-corrected chi connectivity index (χ1v) is 9.76. The molecule has 10 heteroatoms. The molecule has 10 nitrogen and oxygen atoms in total. The first-order chi connectivity index (χ1) is 14.4. The zero-order valence-corrected chi connectivity index (χ0v) is 17.6. The topological polar surface area (TPSA) is 112 Å². The molecule has 0 saturated carbocycles. The molecule has 0 radical (unpaired) electrons. The van der Waals surface area contributed by atoms with Crippen LogP contribution in [0.1, 0.15) is 19.4 Å². The number of rotatable bonds is 8. The van der Waals surface area contributed by atoms with Gasteiger partial charge in [0, 0.05) is 25.7 Å². The zero-order valence-electron chi connectivity index (χ0n) is 17.6. The number of hydrogen-bond donors (Lipinski definition) is 1. The first kappa shape index (κ1) is 21.6. The summed E-state index contributed by atoms with van der Waals surface area (Å²) in [5, 5.41) is 14.9. The molecule has 2 atom stereocenters. The van der Waals surface area contributed by atoms with Crippen LogP contribution in [-0.2, 0) is 11.2 Å². The number of ether oxygens (including phenoxy) is 3. The Kier molecular flexibility index (Phi) is 6.88. The number of nitro groups is 1. The lowest BCUT2D eigenvalue weighted by atomic mass is 10.1. The predicted molar refractivity (Wildman–Crippen MR) is 113 cm³/mol. The maximum Gasteiger partial charge on any atom is 0.353 e. The van der Waals surface area contributed by atoms with Crippen molar-refractivity contribution in [2.24, 2.45) is 0 Å². The molecule has 0 spiro atoms. The lowest BCUT2D eigenvalue weighted by molar-refractivity contribution is -0.383. The Balaban J connectivity index is 1.77. The molecule has 0 amide bonds. The average molecular weight is 417 g/mol. The van der Waals surface area contributed by atoms with Crippen LogP contribution in [0.2, 0.25) is 0 Å². The first-order valence-electron chi connectivity index (χ1n) is 9.76. The second kappa shape index (κ2) is 9.57. The fourth-order valence-corrected chi connectivity index (χ4v) is 3.59. The van der Waals surface area contributed by atoms with Gasteiger partial charge in [-0.2, -0.15) is 0 Å². The number of hydrogen-bond acceptors (Lipinski definition) is 9. The van der Waals surface area contributed by atoms with E-state index >= 15 is 0 Å². The average Bonchev–Trinajstić information content (AvgIpc) is 2.72. The lowest BCUT2D eigenvalue weighted by Gasteiger charge is -2.35. The lowest BCUT2D eigenvalue weighted by Crippen LogP contribution is -2.46. The van der Waals surface area contributed by atoms with E-state index in [-0.39, 0.29) is 23.7 Å². The largest absolute Gasteiger partial charge is 0.497 e. The van der Waals surface area contributed by atoms with E-state index < -0.39 is 4.92 Å². The number of nitrogens with one attached hydrogen (secondary N) is 1. The van der Waals surface area contributed by atoms with E-state index in [4.69, 9.17) is 14.2 Å². The summed E-state index contributed by atoms with van der Waals surface area (Å²) in [6, 6.07) is 5.60. The van der Waals surface area contributed by atoms with Crippen LogP contribution in [0.5, 0.6) is 11.5 Å². The monoisotopic (exact) mass is 417 g/mol. The third kappa shape index (κ3) is 5.07. The van der Waals surface area contributed by atoms with Crippen molar-refractivity contribution in [3.63, 3.8) is 0 Å². The van der Waals surface area contributed by atoms with Gasteiger partial charge in [-0.05, 0) is 38.0 Å². The Morgan fingerprint density at radius 1 is 1.17 bits per heavy atom. The zero-order chi connectivity index (χ0) is 21.7. The highest BCUT2D eigenvalue weighted by molar-refractivity contribution is 5.70. The summed E-state index contributed by atoms with van der Waals surface area (Å²) < 4.78 is 16.3. The minimum atomic E-state index is -0.433. The number of anilines is 2. The van der Waals surface area contributed by atoms with Gasteiger partial charge in [0.2, 0.25) is 11.6 Å². The van der Waals surface area contributed by atoms with Gasteiger partial charge in [-0.25, -0.2) is 9.97 Å². The van der Waals surface area contributed by atoms with E-state index in [1.54, 1.807) is 20.3 Å². The van der Waals surface area contributed by atoms with Gasteiger partial charge in [-0.15, -0.1) is 0 Å². The Morgan fingerprint density at radius 2 is 1.80 bits per heavy atom. The highest BCUT2D eigenvalue weighted by Crippen LogP contribution is 2.33. The number of morpholine rings is 1. The van der Waals surface area contributed by atoms with Crippen LogP contribution in [0, 0.1) is 10.1 Å². The van der Waals surface area contributed by atoms with Crippen molar-refractivity contribution >= 4 is 17.3 Å². The Bertz CT molecular complexity index is 862. The van der Waals surface area contributed by atoms with Crippen molar-refractivity contribution in [3.8, 4) is 11.5 Å².